The Bertz CT molecular complexity index is 1430. The van der Waals surface area contributed by atoms with E-state index in [0.29, 0.717) is 19.4 Å². The van der Waals surface area contributed by atoms with Crippen molar-refractivity contribution in [1.82, 2.24) is 25.4 Å². The summed E-state index contributed by atoms with van der Waals surface area (Å²) in [7, 11) is 4.86. The second kappa shape index (κ2) is 19.6. The van der Waals surface area contributed by atoms with Crippen LogP contribution >= 0.6 is 11.3 Å². The maximum atomic E-state index is 14.2. The molecule has 1 fully saturated rings. The van der Waals surface area contributed by atoms with Crippen LogP contribution in [0.4, 0.5) is 0 Å². The van der Waals surface area contributed by atoms with E-state index in [0.717, 1.165) is 23.4 Å². The van der Waals surface area contributed by atoms with E-state index < -0.39 is 41.7 Å². The number of benzene rings is 1. The number of hydrogen-bond donors (Lipinski definition) is 3. The van der Waals surface area contributed by atoms with Crippen LogP contribution in [-0.2, 0) is 35.1 Å². The summed E-state index contributed by atoms with van der Waals surface area (Å²) >= 11 is 1.50. The van der Waals surface area contributed by atoms with E-state index in [1.54, 1.807) is 46.2 Å². The molecule has 1 aromatic carbocycles. The van der Waals surface area contributed by atoms with Crippen LogP contribution in [0.1, 0.15) is 90.8 Å². The summed E-state index contributed by atoms with van der Waals surface area (Å²) in [6.07, 6.45) is 3.42. The molecular formula is C39H62N6O6S. The van der Waals surface area contributed by atoms with E-state index in [-0.39, 0.29) is 48.1 Å². The predicted octanol–water partition coefficient (Wildman–Crippen LogP) is 4.34. The van der Waals surface area contributed by atoms with E-state index in [9.17, 15) is 19.2 Å². The number of carbonyl (C=O) groups is 4. The lowest BCUT2D eigenvalue weighted by atomic mass is 9.89. The minimum absolute atomic E-state index is 0.0207. The zero-order chi connectivity index (χ0) is 38.7. The molecule has 13 heteroatoms. The Kier molecular flexibility index (Phi) is 16.2. The number of hydrogen-bond acceptors (Lipinski definition) is 9. The fraction of sp³-hybridized carbons (Fsp3) is 0.667. The molecule has 0 radical (unpaired) electrons. The third kappa shape index (κ3) is 11.1. The van der Waals surface area contributed by atoms with E-state index in [2.05, 4.69) is 15.6 Å². The highest BCUT2D eigenvalue weighted by Crippen LogP contribution is 2.30. The minimum Gasteiger partial charge on any atom is -0.379 e. The van der Waals surface area contributed by atoms with Gasteiger partial charge in [0.25, 0.3) is 0 Å². The highest BCUT2D eigenvalue weighted by molar-refractivity contribution is 7.09. The monoisotopic (exact) mass is 742 g/mol. The van der Waals surface area contributed by atoms with Crippen molar-refractivity contribution in [1.29, 1.82) is 0 Å². The average Bonchev–Trinajstić information content (AvgIpc) is 3.83. The molecule has 12 nitrogen and oxygen atoms in total. The van der Waals surface area contributed by atoms with Crippen molar-refractivity contribution in [2.75, 3.05) is 27.8 Å². The summed E-state index contributed by atoms with van der Waals surface area (Å²) in [6, 6.07) is 8.11. The first-order valence-electron chi connectivity index (χ1n) is 18.5. The highest BCUT2D eigenvalue weighted by Gasteiger charge is 2.43. The van der Waals surface area contributed by atoms with Gasteiger partial charge < -0.3 is 35.6 Å². The first-order valence-corrected chi connectivity index (χ1v) is 19.4. The lowest BCUT2D eigenvalue weighted by molar-refractivity contribution is -0.148. The topological polar surface area (TPSA) is 156 Å². The molecule has 8 atom stereocenters. The van der Waals surface area contributed by atoms with Gasteiger partial charge in [0.2, 0.25) is 23.6 Å². The fourth-order valence-electron chi connectivity index (χ4n) is 7.13. The van der Waals surface area contributed by atoms with Crippen LogP contribution in [0.2, 0.25) is 0 Å². The van der Waals surface area contributed by atoms with Gasteiger partial charge in [0.15, 0.2) is 0 Å². The summed E-state index contributed by atoms with van der Waals surface area (Å²) < 4.78 is 12.0. The number of methoxy groups -OCH3 is 2. The quantitative estimate of drug-likeness (QED) is 0.192. The van der Waals surface area contributed by atoms with Crippen LogP contribution in [0, 0.1) is 17.8 Å². The van der Waals surface area contributed by atoms with Gasteiger partial charge in [-0.05, 0) is 50.5 Å². The number of thiazole rings is 1. The van der Waals surface area contributed by atoms with Crippen molar-refractivity contribution < 1.29 is 28.7 Å². The Morgan fingerprint density at radius 3 is 2.29 bits per heavy atom. The third-order valence-electron chi connectivity index (χ3n) is 10.4. The highest BCUT2D eigenvalue weighted by atomic mass is 32.1. The lowest BCUT2D eigenvalue weighted by Crippen LogP contribution is -2.60. The number of ether oxygens (including phenoxy) is 2. The Balaban J connectivity index is 1.78. The predicted molar refractivity (Wildman–Crippen MR) is 204 cm³/mol. The van der Waals surface area contributed by atoms with Crippen molar-refractivity contribution in [2.24, 2.45) is 23.5 Å². The first-order chi connectivity index (χ1) is 24.5. The molecule has 1 aromatic heterocycles. The molecule has 4 amide bonds. The Morgan fingerprint density at radius 2 is 1.75 bits per heavy atom. The summed E-state index contributed by atoms with van der Waals surface area (Å²) in [6.45, 7) is 13.4. The van der Waals surface area contributed by atoms with Crippen molar-refractivity contribution in [3.63, 3.8) is 0 Å². The maximum absolute atomic E-state index is 14.2. The zero-order valence-electron chi connectivity index (χ0n) is 32.8. The van der Waals surface area contributed by atoms with Crippen LogP contribution in [0.15, 0.2) is 41.9 Å². The van der Waals surface area contributed by atoms with E-state index in [1.165, 1.54) is 11.3 Å². The lowest BCUT2D eigenvalue weighted by Gasteiger charge is -2.41. The second-order valence-corrected chi connectivity index (χ2v) is 16.1. The van der Waals surface area contributed by atoms with Gasteiger partial charge in [-0.2, -0.15) is 0 Å². The molecule has 1 unspecified atom stereocenters. The van der Waals surface area contributed by atoms with E-state index in [1.807, 2.05) is 75.2 Å². The van der Waals surface area contributed by atoms with Crippen molar-refractivity contribution in [3.05, 3.63) is 52.5 Å². The number of likely N-dealkylation sites (tertiary alicyclic amines) is 1. The molecule has 1 aliphatic heterocycles. The fourth-order valence-corrected chi connectivity index (χ4v) is 7.82. The summed E-state index contributed by atoms with van der Waals surface area (Å²) in [5.74, 6) is -1.76. The molecule has 1 saturated heterocycles. The molecule has 0 bridgehead atoms. The summed E-state index contributed by atoms with van der Waals surface area (Å²) in [4.78, 5) is 62.8. The number of nitrogens with zero attached hydrogens (tertiary/aromatic N) is 3. The normalized spacial score (nSPS) is 18.9. The molecule has 2 heterocycles. The molecule has 0 spiro atoms. The number of aromatic nitrogens is 1. The third-order valence-corrected chi connectivity index (χ3v) is 11.3. The Labute approximate surface area is 314 Å². The molecule has 3 rings (SSSR count). The van der Waals surface area contributed by atoms with Crippen LogP contribution in [0.25, 0.3) is 0 Å². The van der Waals surface area contributed by atoms with Crippen molar-refractivity contribution >= 4 is 35.0 Å². The number of amides is 4. The van der Waals surface area contributed by atoms with Gasteiger partial charge in [-0.1, -0.05) is 71.4 Å². The largest absolute Gasteiger partial charge is 0.379 e. The van der Waals surface area contributed by atoms with Gasteiger partial charge >= 0.3 is 0 Å². The minimum atomic E-state index is -1.15. The molecule has 1 aliphatic rings. The Morgan fingerprint density at radius 1 is 1.08 bits per heavy atom. The first kappa shape index (κ1) is 43.0. The van der Waals surface area contributed by atoms with Gasteiger partial charge in [-0.15, -0.1) is 11.3 Å². The number of carbonyl (C=O) groups excluding carboxylic acids is 4. The van der Waals surface area contributed by atoms with Crippen molar-refractivity contribution in [2.45, 2.75) is 122 Å². The number of likely N-dealkylation sites (N-methyl/N-ethyl adjacent to an activating group) is 1. The van der Waals surface area contributed by atoms with Crippen molar-refractivity contribution in [3.8, 4) is 0 Å². The van der Waals surface area contributed by atoms with E-state index in [4.69, 9.17) is 15.2 Å². The Hall–Kier alpha value is -3.39. The number of nitrogens with two attached hydrogens (primary N) is 1. The second-order valence-electron chi connectivity index (χ2n) is 15.1. The summed E-state index contributed by atoms with van der Waals surface area (Å²) in [5.41, 5.74) is 5.97. The molecule has 2 aromatic rings. The molecule has 290 valence electrons. The smallest absolute Gasteiger partial charge is 0.245 e. The van der Waals surface area contributed by atoms with Crippen LogP contribution < -0.4 is 16.4 Å². The van der Waals surface area contributed by atoms with Gasteiger partial charge in [-0.25, -0.2) is 4.98 Å². The average molecular weight is 743 g/mol. The van der Waals surface area contributed by atoms with Gasteiger partial charge in [0.05, 0.1) is 48.2 Å². The number of rotatable bonds is 19. The van der Waals surface area contributed by atoms with E-state index >= 15 is 0 Å². The molecule has 0 saturated carbocycles. The van der Waals surface area contributed by atoms with Gasteiger partial charge in [0.1, 0.15) is 11.0 Å². The van der Waals surface area contributed by atoms with Gasteiger partial charge in [-0.3, -0.25) is 19.2 Å². The standard InChI is InChI=1S/C39H62N6O6S/c1-11-25(4)33(44(8)37(48)32(24(2)3)43-38(49)39(6,7)40)30(50-9)23-31(46)45-20-15-18-29(45)34(51-10)26(5)35(47)42-28(36-41-19-21-52-36)22-27-16-13-12-14-17-27/h12-14,16-17,19,21,24-26,28-30,32-34H,11,15,18,20,22-23,40H2,1-10H3,(H,42,47)(H,43,49)/t25-,26+,28-,29-,30+,32?,33-,34+/m0/s1. The van der Waals surface area contributed by atoms with Crippen LogP contribution in [-0.4, -0.2) is 102 Å². The van der Waals surface area contributed by atoms with Crippen LogP contribution in [0.3, 0.4) is 0 Å². The maximum Gasteiger partial charge on any atom is 0.245 e. The molecule has 52 heavy (non-hydrogen) atoms. The molecular weight excluding hydrogens is 681 g/mol. The molecule has 0 aliphatic carbocycles. The SMILES string of the molecule is CC[C@H](C)[C@@H]([C@@H](CC(=O)N1CCC[C@H]1[C@H](OC)[C@@H](C)C(=O)N[C@@H](Cc1ccccc1)c1nccs1)OC)N(C)C(=O)C(NC(=O)C(C)(C)N)C(C)C. The number of nitrogens with one attached hydrogen (secondary N) is 2. The van der Waals surface area contributed by atoms with Gasteiger partial charge in [0, 0.05) is 39.4 Å². The van der Waals surface area contributed by atoms with Crippen LogP contribution in [0.5, 0.6) is 0 Å². The zero-order valence-corrected chi connectivity index (χ0v) is 33.6. The molecule has 4 N–H and O–H groups in total. The summed E-state index contributed by atoms with van der Waals surface area (Å²) in [5, 5.41) is 8.79.